The van der Waals surface area contributed by atoms with E-state index in [2.05, 4.69) is 17.4 Å². The van der Waals surface area contributed by atoms with Crippen LogP contribution in [0.2, 0.25) is 0 Å². The minimum absolute atomic E-state index is 0.229. The third-order valence-electron chi connectivity index (χ3n) is 5.69. The average Bonchev–Trinajstić information content (AvgIpc) is 3.05. The molecular formula is C25H24N2O3. The number of ether oxygens (including phenoxy) is 1. The van der Waals surface area contributed by atoms with Gasteiger partial charge >= 0.3 is 6.03 Å². The predicted octanol–water partition coefficient (Wildman–Crippen LogP) is 4.72. The SMILES string of the molecule is CCC1(c2ccc(OC)cc2)NC(=O)N(Cc2ccc(-c3ccccc3)cc2)C1=O. The van der Waals surface area contributed by atoms with Crippen molar-refractivity contribution in [3.63, 3.8) is 0 Å². The highest BCUT2D eigenvalue weighted by Crippen LogP contribution is 2.34. The van der Waals surface area contributed by atoms with E-state index in [0.717, 1.165) is 22.3 Å². The fraction of sp³-hybridized carbons (Fsp3) is 0.200. The van der Waals surface area contributed by atoms with E-state index in [4.69, 9.17) is 4.74 Å². The van der Waals surface area contributed by atoms with Crippen molar-refractivity contribution in [1.82, 2.24) is 10.2 Å². The molecule has 4 rings (SSSR count). The fourth-order valence-electron chi connectivity index (χ4n) is 3.90. The summed E-state index contributed by atoms with van der Waals surface area (Å²) in [6.07, 6.45) is 0.466. The van der Waals surface area contributed by atoms with Gasteiger partial charge in [-0.1, -0.05) is 73.7 Å². The molecule has 0 aliphatic carbocycles. The number of hydrogen-bond acceptors (Lipinski definition) is 3. The molecule has 5 nitrogen and oxygen atoms in total. The van der Waals surface area contributed by atoms with Crippen molar-refractivity contribution in [2.45, 2.75) is 25.4 Å². The summed E-state index contributed by atoms with van der Waals surface area (Å²) in [5.74, 6) is 0.476. The van der Waals surface area contributed by atoms with Crippen LogP contribution in [0.4, 0.5) is 4.79 Å². The highest BCUT2D eigenvalue weighted by atomic mass is 16.5. The van der Waals surface area contributed by atoms with Crippen molar-refractivity contribution in [1.29, 1.82) is 0 Å². The number of carbonyl (C=O) groups is 2. The van der Waals surface area contributed by atoms with Gasteiger partial charge in [-0.25, -0.2) is 4.79 Å². The normalized spacial score (nSPS) is 18.4. The Hall–Kier alpha value is -3.60. The smallest absolute Gasteiger partial charge is 0.325 e. The Balaban J connectivity index is 1.56. The van der Waals surface area contributed by atoms with Crippen LogP contribution in [0.1, 0.15) is 24.5 Å². The summed E-state index contributed by atoms with van der Waals surface area (Å²) < 4.78 is 5.21. The van der Waals surface area contributed by atoms with E-state index < -0.39 is 5.54 Å². The molecule has 152 valence electrons. The number of rotatable bonds is 6. The average molecular weight is 400 g/mol. The van der Waals surface area contributed by atoms with E-state index >= 15 is 0 Å². The molecule has 1 fully saturated rings. The number of nitrogens with one attached hydrogen (secondary N) is 1. The first-order valence-corrected chi connectivity index (χ1v) is 10.0. The maximum absolute atomic E-state index is 13.3. The second-order valence-electron chi connectivity index (χ2n) is 7.37. The van der Waals surface area contributed by atoms with Crippen LogP contribution in [-0.2, 0) is 16.9 Å². The summed E-state index contributed by atoms with van der Waals surface area (Å²) in [7, 11) is 1.60. The third-order valence-corrected chi connectivity index (χ3v) is 5.69. The highest BCUT2D eigenvalue weighted by Gasteiger charge is 2.51. The van der Waals surface area contributed by atoms with Crippen molar-refractivity contribution < 1.29 is 14.3 Å². The van der Waals surface area contributed by atoms with Crippen LogP contribution in [0.5, 0.6) is 5.75 Å². The van der Waals surface area contributed by atoms with Gasteiger partial charge in [0.2, 0.25) is 0 Å². The number of imide groups is 1. The molecule has 0 aromatic heterocycles. The van der Waals surface area contributed by atoms with Crippen LogP contribution in [0, 0.1) is 0 Å². The van der Waals surface area contributed by atoms with E-state index in [1.54, 1.807) is 19.2 Å². The molecule has 3 aromatic rings. The van der Waals surface area contributed by atoms with Gasteiger partial charge in [0.15, 0.2) is 0 Å². The maximum atomic E-state index is 13.3. The monoisotopic (exact) mass is 400 g/mol. The molecule has 1 heterocycles. The Morgan fingerprint density at radius 3 is 2.10 bits per heavy atom. The van der Waals surface area contributed by atoms with E-state index in [0.29, 0.717) is 12.2 Å². The molecule has 1 aliphatic heterocycles. The largest absolute Gasteiger partial charge is 0.497 e. The standard InChI is InChI=1S/C25H24N2O3/c1-3-25(21-13-15-22(30-2)16-14-21)23(28)27(24(29)26-25)17-18-9-11-20(12-10-18)19-7-5-4-6-8-19/h4-16H,3,17H2,1-2H3,(H,26,29). The molecule has 3 amide bonds. The lowest BCUT2D eigenvalue weighted by Gasteiger charge is -2.26. The van der Waals surface area contributed by atoms with Gasteiger partial charge in [-0.3, -0.25) is 9.69 Å². The zero-order chi connectivity index (χ0) is 21.1. The van der Waals surface area contributed by atoms with Crippen LogP contribution < -0.4 is 10.1 Å². The number of amides is 3. The molecule has 0 spiro atoms. The molecule has 1 aliphatic rings. The van der Waals surface area contributed by atoms with Crippen molar-refractivity contribution in [2.24, 2.45) is 0 Å². The molecule has 0 saturated carbocycles. The van der Waals surface area contributed by atoms with Gasteiger partial charge in [0.05, 0.1) is 13.7 Å². The summed E-state index contributed by atoms with van der Waals surface area (Å²) in [5.41, 5.74) is 2.83. The van der Waals surface area contributed by atoms with Gasteiger partial charge in [0, 0.05) is 0 Å². The van der Waals surface area contributed by atoms with Crippen LogP contribution in [0.15, 0.2) is 78.9 Å². The second kappa shape index (κ2) is 8.03. The number of benzene rings is 3. The van der Waals surface area contributed by atoms with Crippen molar-refractivity contribution >= 4 is 11.9 Å². The number of methoxy groups -OCH3 is 1. The van der Waals surface area contributed by atoms with E-state index in [1.807, 2.05) is 61.5 Å². The van der Waals surface area contributed by atoms with Crippen LogP contribution >= 0.6 is 0 Å². The van der Waals surface area contributed by atoms with Gasteiger partial charge in [-0.05, 0) is 40.8 Å². The molecule has 0 radical (unpaired) electrons. The zero-order valence-corrected chi connectivity index (χ0v) is 17.1. The van der Waals surface area contributed by atoms with Crippen molar-refractivity contribution in [3.8, 4) is 16.9 Å². The second-order valence-corrected chi connectivity index (χ2v) is 7.37. The van der Waals surface area contributed by atoms with Gasteiger partial charge in [0.25, 0.3) is 5.91 Å². The Morgan fingerprint density at radius 2 is 1.50 bits per heavy atom. The molecule has 0 bridgehead atoms. The topological polar surface area (TPSA) is 58.6 Å². The molecule has 30 heavy (non-hydrogen) atoms. The highest BCUT2D eigenvalue weighted by molar-refractivity contribution is 6.07. The molecule has 5 heteroatoms. The summed E-state index contributed by atoms with van der Waals surface area (Å²) in [4.78, 5) is 27.3. The minimum atomic E-state index is -1.05. The fourth-order valence-corrected chi connectivity index (χ4v) is 3.90. The quantitative estimate of drug-likeness (QED) is 0.609. The first-order chi connectivity index (χ1) is 14.6. The molecular weight excluding hydrogens is 376 g/mol. The zero-order valence-electron chi connectivity index (χ0n) is 17.1. The summed E-state index contributed by atoms with van der Waals surface area (Å²) in [5, 5.41) is 2.92. The molecule has 1 unspecified atom stereocenters. The molecule has 1 atom stereocenters. The lowest BCUT2D eigenvalue weighted by molar-refractivity contribution is -0.132. The first-order valence-electron chi connectivity index (χ1n) is 10.0. The summed E-state index contributed by atoms with van der Waals surface area (Å²) in [6.45, 7) is 2.14. The van der Waals surface area contributed by atoms with Crippen LogP contribution in [0.3, 0.4) is 0 Å². The number of urea groups is 1. The van der Waals surface area contributed by atoms with Crippen molar-refractivity contribution in [3.05, 3.63) is 90.0 Å². The third kappa shape index (κ3) is 3.43. The Morgan fingerprint density at radius 1 is 0.867 bits per heavy atom. The van der Waals surface area contributed by atoms with Crippen LogP contribution in [0.25, 0.3) is 11.1 Å². The molecule has 1 saturated heterocycles. The lowest BCUT2D eigenvalue weighted by Crippen LogP contribution is -2.43. The van der Waals surface area contributed by atoms with E-state index in [1.165, 1.54) is 4.90 Å². The van der Waals surface area contributed by atoms with Gasteiger partial charge in [-0.15, -0.1) is 0 Å². The maximum Gasteiger partial charge on any atom is 0.325 e. The first kappa shape index (κ1) is 19.7. The van der Waals surface area contributed by atoms with Gasteiger partial charge < -0.3 is 10.1 Å². The number of carbonyl (C=O) groups excluding carboxylic acids is 2. The van der Waals surface area contributed by atoms with E-state index in [9.17, 15) is 9.59 Å². The lowest BCUT2D eigenvalue weighted by atomic mass is 9.87. The van der Waals surface area contributed by atoms with Crippen molar-refractivity contribution in [2.75, 3.05) is 7.11 Å². The summed E-state index contributed by atoms with van der Waals surface area (Å²) >= 11 is 0. The predicted molar refractivity (Wildman–Crippen MR) is 116 cm³/mol. The molecule has 3 aromatic carbocycles. The Bertz CT molecular complexity index is 1050. The van der Waals surface area contributed by atoms with Crippen LogP contribution in [-0.4, -0.2) is 23.9 Å². The van der Waals surface area contributed by atoms with Gasteiger partial charge in [-0.2, -0.15) is 0 Å². The molecule has 1 N–H and O–H groups in total. The number of nitrogens with zero attached hydrogens (tertiary/aromatic N) is 1. The number of hydrogen-bond donors (Lipinski definition) is 1. The Kier molecular flexibility index (Phi) is 5.27. The van der Waals surface area contributed by atoms with E-state index in [-0.39, 0.29) is 18.5 Å². The summed E-state index contributed by atoms with van der Waals surface area (Å²) in [6, 6.07) is 24.9. The van der Waals surface area contributed by atoms with Gasteiger partial charge in [0.1, 0.15) is 11.3 Å². The minimum Gasteiger partial charge on any atom is -0.497 e. The Labute approximate surface area is 176 Å².